The van der Waals surface area contributed by atoms with Gasteiger partial charge in [-0.25, -0.2) is 9.67 Å². The van der Waals surface area contributed by atoms with E-state index in [2.05, 4.69) is 43.5 Å². The van der Waals surface area contributed by atoms with Gasteiger partial charge in [0.1, 0.15) is 11.9 Å². The number of aryl methyl sites for hydroxylation is 1. The SMILES string of the molecule is COCCn1nnnc1CN1CCN(c2nc3ccc(C)cc3cc2C#N)CC1. The van der Waals surface area contributed by atoms with Crippen LogP contribution in [0.3, 0.4) is 0 Å². The monoisotopic (exact) mass is 392 g/mol. The number of tetrazole rings is 1. The van der Waals surface area contributed by atoms with Crippen LogP contribution in [0.4, 0.5) is 5.82 Å². The molecule has 3 heterocycles. The van der Waals surface area contributed by atoms with E-state index in [4.69, 9.17) is 9.72 Å². The molecular weight excluding hydrogens is 368 g/mol. The molecule has 0 N–H and O–H groups in total. The summed E-state index contributed by atoms with van der Waals surface area (Å²) in [7, 11) is 1.67. The van der Waals surface area contributed by atoms with Crippen LogP contribution in [-0.2, 0) is 17.8 Å². The molecule has 0 atom stereocenters. The molecule has 3 aromatic rings. The lowest BCUT2D eigenvalue weighted by molar-refractivity contribution is 0.178. The van der Waals surface area contributed by atoms with Crippen molar-refractivity contribution in [2.24, 2.45) is 0 Å². The van der Waals surface area contributed by atoms with Crippen molar-refractivity contribution in [1.29, 1.82) is 5.26 Å². The predicted octanol–water partition coefficient (Wildman–Crippen LogP) is 1.37. The fourth-order valence-electron chi connectivity index (χ4n) is 3.61. The number of benzene rings is 1. The maximum atomic E-state index is 9.64. The minimum absolute atomic E-state index is 0.579. The number of fused-ring (bicyclic) bond motifs is 1. The van der Waals surface area contributed by atoms with Gasteiger partial charge < -0.3 is 9.64 Å². The first-order valence-corrected chi connectivity index (χ1v) is 9.70. The predicted molar refractivity (Wildman–Crippen MR) is 108 cm³/mol. The molecule has 1 aliphatic heterocycles. The van der Waals surface area contributed by atoms with Gasteiger partial charge in [-0.05, 0) is 35.5 Å². The second-order valence-corrected chi connectivity index (χ2v) is 7.24. The average Bonchev–Trinajstić information content (AvgIpc) is 3.18. The van der Waals surface area contributed by atoms with E-state index in [1.54, 1.807) is 11.8 Å². The highest BCUT2D eigenvalue weighted by Crippen LogP contribution is 2.25. The largest absolute Gasteiger partial charge is 0.383 e. The molecule has 1 aliphatic rings. The summed E-state index contributed by atoms with van der Waals surface area (Å²) in [5, 5.41) is 22.6. The number of anilines is 1. The van der Waals surface area contributed by atoms with Gasteiger partial charge in [0, 0.05) is 38.7 Å². The van der Waals surface area contributed by atoms with Crippen LogP contribution < -0.4 is 4.90 Å². The van der Waals surface area contributed by atoms with Crippen LogP contribution in [-0.4, -0.2) is 70.0 Å². The number of aromatic nitrogens is 5. The third kappa shape index (κ3) is 4.18. The Balaban J connectivity index is 1.45. The van der Waals surface area contributed by atoms with Crippen LogP contribution in [0.1, 0.15) is 17.0 Å². The lowest BCUT2D eigenvalue weighted by Crippen LogP contribution is -2.46. The number of piperazine rings is 1. The highest BCUT2D eigenvalue weighted by molar-refractivity contribution is 5.83. The van der Waals surface area contributed by atoms with Crippen LogP contribution in [0.15, 0.2) is 24.3 Å². The van der Waals surface area contributed by atoms with Crippen molar-refractivity contribution in [2.45, 2.75) is 20.0 Å². The zero-order chi connectivity index (χ0) is 20.2. The van der Waals surface area contributed by atoms with Gasteiger partial charge in [0.2, 0.25) is 0 Å². The summed E-state index contributed by atoms with van der Waals surface area (Å²) in [4.78, 5) is 9.31. The second kappa shape index (κ2) is 8.51. The van der Waals surface area contributed by atoms with Crippen LogP contribution in [0.2, 0.25) is 0 Å². The summed E-state index contributed by atoms with van der Waals surface area (Å²) in [6, 6.07) is 10.4. The molecule has 9 heteroatoms. The molecule has 150 valence electrons. The van der Waals surface area contributed by atoms with Crippen molar-refractivity contribution in [3.05, 3.63) is 41.2 Å². The molecular formula is C20H24N8O. The first-order chi connectivity index (χ1) is 14.2. The van der Waals surface area contributed by atoms with Crippen molar-refractivity contribution in [1.82, 2.24) is 30.1 Å². The summed E-state index contributed by atoms with van der Waals surface area (Å²) in [5.41, 5.74) is 2.71. The zero-order valence-corrected chi connectivity index (χ0v) is 16.7. The van der Waals surface area contributed by atoms with E-state index in [1.165, 1.54) is 0 Å². The van der Waals surface area contributed by atoms with Crippen molar-refractivity contribution >= 4 is 16.7 Å². The van der Waals surface area contributed by atoms with Gasteiger partial charge in [0.25, 0.3) is 0 Å². The molecule has 1 saturated heterocycles. The van der Waals surface area contributed by atoms with E-state index < -0.39 is 0 Å². The first kappa shape index (κ1) is 19.2. The van der Waals surface area contributed by atoms with E-state index >= 15 is 0 Å². The molecule has 9 nitrogen and oxygen atoms in total. The van der Waals surface area contributed by atoms with E-state index in [9.17, 15) is 5.26 Å². The van der Waals surface area contributed by atoms with Gasteiger partial charge in [0.05, 0.1) is 30.8 Å². The fraction of sp³-hybridized carbons (Fsp3) is 0.450. The average molecular weight is 392 g/mol. The number of rotatable bonds is 6. The van der Waals surface area contributed by atoms with E-state index in [0.29, 0.717) is 25.3 Å². The molecule has 0 spiro atoms. The third-order valence-corrected chi connectivity index (χ3v) is 5.22. The molecule has 0 radical (unpaired) electrons. The Labute approximate surface area is 169 Å². The van der Waals surface area contributed by atoms with Crippen LogP contribution in [0.5, 0.6) is 0 Å². The van der Waals surface area contributed by atoms with E-state index in [1.807, 2.05) is 19.1 Å². The Morgan fingerprint density at radius 3 is 2.76 bits per heavy atom. The summed E-state index contributed by atoms with van der Waals surface area (Å²) in [6.07, 6.45) is 0. The summed E-state index contributed by atoms with van der Waals surface area (Å²) < 4.78 is 6.90. The molecule has 1 aromatic carbocycles. The Morgan fingerprint density at radius 1 is 1.17 bits per heavy atom. The van der Waals surface area contributed by atoms with Gasteiger partial charge in [-0.3, -0.25) is 4.90 Å². The fourth-order valence-corrected chi connectivity index (χ4v) is 3.61. The quantitative estimate of drug-likeness (QED) is 0.621. The summed E-state index contributed by atoms with van der Waals surface area (Å²) >= 11 is 0. The summed E-state index contributed by atoms with van der Waals surface area (Å²) in [6.45, 7) is 7.29. The standard InChI is InChI=1S/C20H24N8O/c1-15-3-4-18-16(11-15)12-17(13-21)20(22-18)27-7-5-26(6-8-27)14-19-23-24-25-28(19)9-10-29-2/h3-4,11-12H,5-10,14H2,1-2H3. The number of hydrogen-bond donors (Lipinski definition) is 0. The molecule has 0 unspecified atom stereocenters. The van der Waals surface area contributed by atoms with Crippen molar-refractivity contribution in [3.63, 3.8) is 0 Å². The highest BCUT2D eigenvalue weighted by Gasteiger charge is 2.22. The molecule has 0 bridgehead atoms. The van der Waals surface area contributed by atoms with Gasteiger partial charge in [-0.15, -0.1) is 5.10 Å². The topological polar surface area (TPSA) is 96.0 Å². The van der Waals surface area contributed by atoms with Crippen LogP contribution >= 0.6 is 0 Å². The van der Waals surface area contributed by atoms with Crippen LogP contribution in [0.25, 0.3) is 10.9 Å². The number of pyridine rings is 1. The maximum absolute atomic E-state index is 9.64. The number of nitrogens with zero attached hydrogens (tertiary/aromatic N) is 8. The molecule has 0 amide bonds. The Morgan fingerprint density at radius 2 is 2.00 bits per heavy atom. The van der Waals surface area contributed by atoms with Gasteiger partial charge >= 0.3 is 0 Å². The van der Waals surface area contributed by atoms with Crippen molar-refractivity contribution < 1.29 is 4.74 Å². The zero-order valence-electron chi connectivity index (χ0n) is 16.7. The Bertz CT molecular complexity index is 1030. The lowest BCUT2D eigenvalue weighted by Gasteiger charge is -2.35. The number of nitriles is 1. The smallest absolute Gasteiger partial charge is 0.165 e. The summed E-state index contributed by atoms with van der Waals surface area (Å²) in [5.74, 6) is 1.61. The van der Waals surface area contributed by atoms with Gasteiger partial charge in [0.15, 0.2) is 5.82 Å². The van der Waals surface area contributed by atoms with Crippen molar-refractivity contribution in [2.75, 3.05) is 44.8 Å². The minimum Gasteiger partial charge on any atom is -0.383 e. The molecule has 4 rings (SSSR count). The number of ether oxygens (including phenoxy) is 1. The number of methoxy groups -OCH3 is 1. The third-order valence-electron chi connectivity index (χ3n) is 5.22. The Hall–Kier alpha value is -3.09. The lowest BCUT2D eigenvalue weighted by atomic mass is 10.1. The van der Waals surface area contributed by atoms with Gasteiger partial charge in [-0.1, -0.05) is 11.6 Å². The van der Waals surface area contributed by atoms with Crippen molar-refractivity contribution in [3.8, 4) is 6.07 Å². The molecule has 0 saturated carbocycles. The minimum atomic E-state index is 0.579. The van der Waals surface area contributed by atoms with E-state index in [0.717, 1.165) is 54.3 Å². The molecule has 2 aromatic heterocycles. The second-order valence-electron chi connectivity index (χ2n) is 7.24. The Kier molecular flexibility index (Phi) is 5.64. The molecule has 29 heavy (non-hydrogen) atoms. The number of hydrogen-bond acceptors (Lipinski definition) is 8. The van der Waals surface area contributed by atoms with Gasteiger partial charge in [-0.2, -0.15) is 5.26 Å². The van der Waals surface area contributed by atoms with E-state index in [-0.39, 0.29) is 0 Å². The maximum Gasteiger partial charge on any atom is 0.165 e. The van der Waals surface area contributed by atoms with Crippen LogP contribution in [0, 0.1) is 18.3 Å². The normalized spacial score (nSPS) is 15.0. The highest BCUT2D eigenvalue weighted by atomic mass is 16.5. The first-order valence-electron chi connectivity index (χ1n) is 9.70. The molecule has 0 aliphatic carbocycles. The molecule has 1 fully saturated rings.